The monoisotopic (exact) mass is 448 g/mol. The first-order valence-electron chi connectivity index (χ1n) is 8.09. The van der Waals surface area contributed by atoms with Crippen LogP contribution in [0.4, 0.5) is 5.69 Å². The first-order chi connectivity index (χ1) is 12.9. The van der Waals surface area contributed by atoms with Gasteiger partial charge in [-0.3, -0.25) is 4.79 Å². The number of nitriles is 1. The van der Waals surface area contributed by atoms with Crippen LogP contribution in [0.1, 0.15) is 18.1 Å². The number of benzene rings is 2. The molecule has 2 aromatic rings. The summed E-state index contributed by atoms with van der Waals surface area (Å²) in [7, 11) is 1.53. The number of carbonyl (C=O) groups excluding carboxylic acids is 1. The molecule has 0 heterocycles. The quantitative estimate of drug-likeness (QED) is 0.476. The van der Waals surface area contributed by atoms with Gasteiger partial charge >= 0.3 is 0 Å². The lowest BCUT2D eigenvalue weighted by molar-refractivity contribution is -0.112. The molecule has 0 saturated heterocycles. The van der Waals surface area contributed by atoms with Crippen LogP contribution >= 0.6 is 27.5 Å². The molecule has 140 valence electrons. The summed E-state index contributed by atoms with van der Waals surface area (Å²) < 4.78 is 11.5. The van der Waals surface area contributed by atoms with E-state index in [-0.39, 0.29) is 5.57 Å². The number of hydrogen-bond acceptors (Lipinski definition) is 4. The molecule has 27 heavy (non-hydrogen) atoms. The van der Waals surface area contributed by atoms with Crippen LogP contribution in [-0.4, -0.2) is 19.6 Å². The molecule has 0 saturated carbocycles. The Labute approximate surface area is 171 Å². The number of carbonyl (C=O) groups is 1. The standard InChI is InChI=1S/C20H18BrClN2O3/c1-4-27-19-10-15(21)13(9-18(19)26-3)8-14(11-23)20(25)24-17-7-5-6-16(22)12(17)2/h5-10H,4H2,1-3H3,(H,24,25)/b14-8+. The van der Waals surface area contributed by atoms with Gasteiger partial charge in [-0.05, 0) is 55.3 Å². The Bertz CT molecular complexity index is 936. The van der Waals surface area contributed by atoms with Gasteiger partial charge in [0, 0.05) is 15.2 Å². The Morgan fingerprint density at radius 1 is 1.37 bits per heavy atom. The van der Waals surface area contributed by atoms with Crippen LogP contribution < -0.4 is 14.8 Å². The molecule has 0 radical (unpaired) electrons. The molecule has 0 fully saturated rings. The van der Waals surface area contributed by atoms with Gasteiger partial charge in [-0.25, -0.2) is 0 Å². The van der Waals surface area contributed by atoms with E-state index in [0.29, 0.717) is 38.9 Å². The van der Waals surface area contributed by atoms with Crippen LogP contribution in [0, 0.1) is 18.3 Å². The van der Waals surface area contributed by atoms with Crippen molar-refractivity contribution < 1.29 is 14.3 Å². The highest BCUT2D eigenvalue weighted by Gasteiger charge is 2.14. The predicted octanol–water partition coefficient (Wildman–Crippen LogP) is 5.36. The number of ether oxygens (including phenoxy) is 2. The zero-order valence-corrected chi connectivity index (χ0v) is 17.4. The topological polar surface area (TPSA) is 71.3 Å². The van der Waals surface area contributed by atoms with Crippen molar-refractivity contribution in [3.05, 3.63) is 56.5 Å². The maximum Gasteiger partial charge on any atom is 0.266 e. The average molecular weight is 450 g/mol. The number of halogens is 2. The molecule has 0 spiro atoms. The normalized spacial score (nSPS) is 10.9. The Morgan fingerprint density at radius 3 is 2.74 bits per heavy atom. The van der Waals surface area contributed by atoms with Crippen LogP contribution in [0.2, 0.25) is 5.02 Å². The molecule has 0 aliphatic carbocycles. The molecule has 0 aliphatic heterocycles. The Balaban J connectivity index is 2.36. The zero-order chi connectivity index (χ0) is 20.0. The molecular weight excluding hydrogens is 432 g/mol. The van der Waals surface area contributed by atoms with Crippen LogP contribution in [0.5, 0.6) is 11.5 Å². The largest absolute Gasteiger partial charge is 0.493 e. The fourth-order valence-corrected chi connectivity index (χ4v) is 2.94. The van der Waals surface area contributed by atoms with Crippen molar-refractivity contribution in [2.24, 2.45) is 0 Å². The van der Waals surface area contributed by atoms with E-state index in [0.717, 1.165) is 5.56 Å². The molecule has 7 heteroatoms. The maximum atomic E-state index is 12.5. The highest BCUT2D eigenvalue weighted by molar-refractivity contribution is 9.10. The predicted molar refractivity (Wildman–Crippen MR) is 110 cm³/mol. The van der Waals surface area contributed by atoms with E-state index in [1.807, 2.05) is 13.0 Å². The van der Waals surface area contributed by atoms with Gasteiger partial charge < -0.3 is 14.8 Å². The van der Waals surface area contributed by atoms with E-state index in [9.17, 15) is 10.1 Å². The van der Waals surface area contributed by atoms with E-state index in [4.69, 9.17) is 21.1 Å². The number of nitrogens with one attached hydrogen (secondary N) is 1. The molecular formula is C20H18BrClN2O3. The van der Waals surface area contributed by atoms with E-state index in [1.54, 1.807) is 37.3 Å². The van der Waals surface area contributed by atoms with Crippen molar-refractivity contribution in [1.29, 1.82) is 5.26 Å². The molecule has 1 amide bonds. The second-order valence-corrected chi connectivity index (χ2v) is 6.76. The van der Waals surface area contributed by atoms with Crippen molar-refractivity contribution in [3.8, 4) is 17.6 Å². The first kappa shape index (κ1) is 20.8. The average Bonchev–Trinajstić information content (AvgIpc) is 2.65. The molecule has 2 rings (SSSR count). The summed E-state index contributed by atoms with van der Waals surface area (Å²) in [6.45, 7) is 4.15. The third-order valence-electron chi connectivity index (χ3n) is 3.76. The number of anilines is 1. The van der Waals surface area contributed by atoms with Crippen molar-refractivity contribution >= 4 is 45.2 Å². The van der Waals surface area contributed by atoms with Crippen LogP contribution in [-0.2, 0) is 4.79 Å². The fourth-order valence-electron chi connectivity index (χ4n) is 2.33. The number of amides is 1. The number of nitrogens with zero attached hydrogens (tertiary/aromatic N) is 1. The zero-order valence-electron chi connectivity index (χ0n) is 15.1. The minimum Gasteiger partial charge on any atom is -0.493 e. The molecule has 0 unspecified atom stereocenters. The van der Waals surface area contributed by atoms with Crippen molar-refractivity contribution in [2.45, 2.75) is 13.8 Å². The highest BCUT2D eigenvalue weighted by Crippen LogP contribution is 2.34. The molecule has 0 bridgehead atoms. The Hall–Kier alpha value is -2.49. The number of rotatable bonds is 6. The number of methoxy groups -OCH3 is 1. The number of hydrogen-bond donors (Lipinski definition) is 1. The highest BCUT2D eigenvalue weighted by atomic mass is 79.9. The summed E-state index contributed by atoms with van der Waals surface area (Å²) in [5.74, 6) is 0.554. The SMILES string of the molecule is CCOc1cc(Br)c(/C=C(\C#N)C(=O)Nc2cccc(Cl)c2C)cc1OC. The van der Waals surface area contributed by atoms with Crippen LogP contribution in [0.3, 0.4) is 0 Å². The van der Waals surface area contributed by atoms with Crippen LogP contribution in [0.25, 0.3) is 6.08 Å². The Morgan fingerprint density at radius 2 is 2.11 bits per heavy atom. The van der Waals surface area contributed by atoms with Crippen molar-refractivity contribution in [2.75, 3.05) is 19.0 Å². The third kappa shape index (κ3) is 5.03. The van der Waals surface area contributed by atoms with Crippen molar-refractivity contribution in [1.82, 2.24) is 0 Å². The molecule has 0 aliphatic rings. The minimum absolute atomic E-state index is 0.0544. The smallest absolute Gasteiger partial charge is 0.266 e. The fraction of sp³-hybridized carbons (Fsp3) is 0.200. The Kier molecular flexibility index (Phi) is 7.28. The van der Waals surface area contributed by atoms with Crippen molar-refractivity contribution in [3.63, 3.8) is 0 Å². The van der Waals surface area contributed by atoms with Gasteiger partial charge in [0.05, 0.1) is 13.7 Å². The van der Waals surface area contributed by atoms with E-state index >= 15 is 0 Å². The lowest BCUT2D eigenvalue weighted by atomic mass is 10.1. The molecule has 2 aromatic carbocycles. The van der Waals surface area contributed by atoms with Gasteiger partial charge in [0.2, 0.25) is 0 Å². The van der Waals surface area contributed by atoms with Gasteiger partial charge in [0.1, 0.15) is 11.6 Å². The lowest BCUT2D eigenvalue weighted by Crippen LogP contribution is -2.14. The van der Waals surface area contributed by atoms with Gasteiger partial charge in [0.25, 0.3) is 5.91 Å². The summed E-state index contributed by atoms with van der Waals surface area (Å²) in [5, 5.41) is 12.7. The van der Waals surface area contributed by atoms with Gasteiger partial charge in [-0.15, -0.1) is 0 Å². The van der Waals surface area contributed by atoms with Crippen LogP contribution in [0.15, 0.2) is 40.4 Å². The second kappa shape index (κ2) is 9.45. The van der Waals surface area contributed by atoms with E-state index in [2.05, 4.69) is 21.2 Å². The molecule has 0 atom stereocenters. The second-order valence-electron chi connectivity index (χ2n) is 5.49. The molecule has 0 aromatic heterocycles. The maximum absolute atomic E-state index is 12.5. The van der Waals surface area contributed by atoms with E-state index < -0.39 is 5.91 Å². The third-order valence-corrected chi connectivity index (χ3v) is 4.86. The van der Waals surface area contributed by atoms with Gasteiger partial charge in [0.15, 0.2) is 11.5 Å². The molecule has 5 nitrogen and oxygen atoms in total. The molecule has 1 N–H and O–H groups in total. The van der Waals surface area contributed by atoms with Gasteiger partial charge in [-0.1, -0.05) is 33.6 Å². The summed E-state index contributed by atoms with van der Waals surface area (Å²) in [5.41, 5.74) is 1.84. The summed E-state index contributed by atoms with van der Waals surface area (Å²) >= 11 is 9.51. The summed E-state index contributed by atoms with van der Waals surface area (Å²) in [6, 6.07) is 10.6. The van der Waals surface area contributed by atoms with E-state index in [1.165, 1.54) is 13.2 Å². The summed E-state index contributed by atoms with van der Waals surface area (Å²) in [4.78, 5) is 12.5. The summed E-state index contributed by atoms with van der Waals surface area (Å²) in [6.07, 6.45) is 1.48. The van der Waals surface area contributed by atoms with Gasteiger partial charge in [-0.2, -0.15) is 5.26 Å². The first-order valence-corrected chi connectivity index (χ1v) is 9.27. The minimum atomic E-state index is -0.525. The lowest BCUT2D eigenvalue weighted by Gasteiger charge is -2.12.